The van der Waals surface area contributed by atoms with E-state index in [2.05, 4.69) is 42.8 Å². The first-order chi connectivity index (χ1) is 8.10. The average molecular weight is 241 g/mol. The van der Waals surface area contributed by atoms with Gasteiger partial charge in [-0.2, -0.15) is 0 Å². The highest BCUT2D eigenvalue weighted by Crippen LogP contribution is 2.27. The Labute approximate surface area is 108 Å². The minimum atomic E-state index is 0.431. The van der Waals surface area contributed by atoms with Crippen LogP contribution in [-0.2, 0) is 0 Å². The summed E-state index contributed by atoms with van der Waals surface area (Å²) in [7, 11) is 0. The molecule has 3 nitrogen and oxygen atoms in total. The SMILES string of the molecule is CCN(CC)CCNCCN1CCCC1(C)C. The Morgan fingerprint density at radius 3 is 2.41 bits per heavy atom. The second kappa shape index (κ2) is 7.34. The second-order valence-corrected chi connectivity index (χ2v) is 5.68. The van der Waals surface area contributed by atoms with Crippen LogP contribution in [0.25, 0.3) is 0 Å². The summed E-state index contributed by atoms with van der Waals surface area (Å²) in [6.07, 6.45) is 2.72. The first-order valence-electron chi connectivity index (χ1n) is 7.28. The molecule has 1 fully saturated rings. The zero-order valence-corrected chi connectivity index (χ0v) is 12.3. The van der Waals surface area contributed by atoms with Crippen LogP contribution in [0.2, 0.25) is 0 Å². The summed E-state index contributed by atoms with van der Waals surface area (Å²) in [4.78, 5) is 5.09. The third-order valence-electron chi connectivity index (χ3n) is 4.13. The Kier molecular flexibility index (Phi) is 6.45. The third-order valence-corrected chi connectivity index (χ3v) is 4.13. The lowest BCUT2D eigenvalue weighted by Gasteiger charge is -2.31. The molecule has 0 radical (unpaired) electrons. The van der Waals surface area contributed by atoms with Crippen LogP contribution in [0.5, 0.6) is 0 Å². The van der Waals surface area contributed by atoms with Crippen LogP contribution in [0.1, 0.15) is 40.5 Å². The standard InChI is InChI=1S/C14H31N3/c1-5-16(6-2)12-9-15-10-13-17-11-7-8-14(17,3)4/h15H,5-13H2,1-4H3. The van der Waals surface area contributed by atoms with Gasteiger partial charge in [-0.05, 0) is 46.3 Å². The maximum Gasteiger partial charge on any atom is 0.0154 e. The van der Waals surface area contributed by atoms with Gasteiger partial charge in [0.15, 0.2) is 0 Å². The number of rotatable bonds is 8. The topological polar surface area (TPSA) is 18.5 Å². The predicted molar refractivity (Wildman–Crippen MR) is 75.5 cm³/mol. The zero-order chi connectivity index (χ0) is 12.7. The molecular weight excluding hydrogens is 210 g/mol. The van der Waals surface area contributed by atoms with Crippen LogP contribution in [-0.4, -0.2) is 61.2 Å². The fourth-order valence-electron chi connectivity index (χ4n) is 2.69. The molecule has 1 rings (SSSR count). The van der Waals surface area contributed by atoms with Crippen LogP contribution in [0.15, 0.2) is 0 Å². The van der Waals surface area contributed by atoms with E-state index < -0.39 is 0 Å². The molecule has 1 aliphatic heterocycles. The van der Waals surface area contributed by atoms with Crippen molar-refractivity contribution in [2.75, 3.05) is 45.8 Å². The van der Waals surface area contributed by atoms with Crippen molar-refractivity contribution < 1.29 is 0 Å². The molecule has 1 saturated heterocycles. The maximum absolute atomic E-state index is 3.57. The van der Waals surface area contributed by atoms with Crippen LogP contribution < -0.4 is 5.32 Å². The smallest absolute Gasteiger partial charge is 0.0154 e. The first-order valence-corrected chi connectivity index (χ1v) is 7.28. The van der Waals surface area contributed by atoms with E-state index in [0.717, 1.165) is 26.2 Å². The van der Waals surface area contributed by atoms with E-state index in [4.69, 9.17) is 0 Å². The van der Waals surface area contributed by atoms with Crippen molar-refractivity contribution in [3.05, 3.63) is 0 Å². The molecule has 0 aromatic rings. The van der Waals surface area contributed by atoms with Crippen LogP contribution in [0, 0.1) is 0 Å². The summed E-state index contributed by atoms with van der Waals surface area (Å²) in [6.45, 7) is 17.4. The highest BCUT2D eigenvalue weighted by molar-refractivity contribution is 4.87. The third kappa shape index (κ3) is 4.94. The molecule has 0 saturated carbocycles. The van der Waals surface area contributed by atoms with Gasteiger partial charge < -0.3 is 10.2 Å². The van der Waals surface area contributed by atoms with E-state index in [1.807, 2.05) is 0 Å². The summed E-state index contributed by atoms with van der Waals surface area (Å²) in [6, 6.07) is 0. The number of nitrogens with one attached hydrogen (secondary N) is 1. The Bertz CT molecular complexity index is 200. The van der Waals surface area contributed by atoms with Gasteiger partial charge in [-0.25, -0.2) is 0 Å². The van der Waals surface area contributed by atoms with E-state index in [0.29, 0.717) is 5.54 Å². The Morgan fingerprint density at radius 1 is 1.18 bits per heavy atom. The first kappa shape index (κ1) is 14.9. The molecule has 1 heterocycles. The molecule has 17 heavy (non-hydrogen) atoms. The van der Waals surface area contributed by atoms with Gasteiger partial charge in [-0.3, -0.25) is 4.90 Å². The monoisotopic (exact) mass is 241 g/mol. The molecule has 1 N–H and O–H groups in total. The number of hydrogen-bond donors (Lipinski definition) is 1. The molecule has 0 amide bonds. The number of likely N-dealkylation sites (N-methyl/N-ethyl adjacent to an activating group) is 1. The summed E-state index contributed by atoms with van der Waals surface area (Å²) in [5.41, 5.74) is 0.431. The van der Waals surface area contributed by atoms with Crippen molar-refractivity contribution in [2.24, 2.45) is 0 Å². The van der Waals surface area contributed by atoms with E-state index in [1.54, 1.807) is 0 Å². The Morgan fingerprint density at radius 2 is 1.88 bits per heavy atom. The van der Waals surface area contributed by atoms with Crippen LogP contribution >= 0.6 is 0 Å². The van der Waals surface area contributed by atoms with Gasteiger partial charge in [-0.1, -0.05) is 13.8 Å². The lowest BCUT2D eigenvalue weighted by molar-refractivity contribution is 0.175. The molecule has 0 atom stereocenters. The highest BCUT2D eigenvalue weighted by atomic mass is 15.2. The van der Waals surface area contributed by atoms with Crippen molar-refractivity contribution >= 4 is 0 Å². The van der Waals surface area contributed by atoms with E-state index in [-0.39, 0.29) is 0 Å². The van der Waals surface area contributed by atoms with Gasteiger partial charge in [0.1, 0.15) is 0 Å². The van der Waals surface area contributed by atoms with E-state index in [9.17, 15) is 0 Å². The van der Waals surface area contributed by atoms with Crippen LogP contribution in [0.4, 0.5) is 0 Å². The van der Waals surface area contributed by atoms with Gasteiger partial charge in [0.05, 0.1) is 0 Å². The number of likely N-dealkylation sites (tertiary alicyclic amines) is 1. The van der Waals surface area contributed by atoms with E-state index >= 15 is 0 Å². The lowest BCUT2D eigenvalue weighted by Crippen LogP contribution is -2.43. The summed E-state index contributed by atoms with van der Waals surface area (Å²) < 4.78 is 0. The Balaban J connectivity index is 2.04. The van der Waals surface area contributed by atoms with Crippen molar-refractivity contribution in [3.63, 3.8) is 0 Å². The molecule has 0 bridgehead atoms. The summed E-state index contributed by atoms with van der Waals surface area (Å²) in [5, 5.41) is 3.57. The number of nitrogens with zero attached hydrogens (tertiary/aromatic N) is 2. The normalized spacial score (nSPS) is 20.3. The van der Waals surface area contributed by atoms with Crippen molar-refractivity contribution in [1.82, 2.24) is 15.1 Å². The fourth-order valence-corrected chi connectivity index (χ4v) is 2.69. The Hall–Kier alpha value is -0.120. The molecule has 3 heteroatoms. The fraction of sp³-hybridized carbons (Fsp3) is 1.00. The molecule has 0 spiro atoms. The predicted octanol–water partition coefficient (Wildman–Crippen LogP) is 1.79. The molecule has 0 aromatic carbocycles. The van der Waals surface area contributed by atoms with Gasteiger partial charge >= 0.3 is 0 Å². The molecule has 1 aliphatic rings. The van der Waals surface area contributed by atoms with Crippen molar-refractivity contribution in [2.45, 2.75) is 46.1 Å². The summed E-state index contributed by atoms with van der Waals surface area (Å²) in [5.74, 6) is 0. The van der Waals surface area contributed by atoms with E-state index in [1.165, 1.54) is 32.5 Å². The molecular formula is C14H31N3. The largest absolute Gasteiger partial charge is 0.314 e. The average Bonchev–Trinajstić information content (AvgIpc) is 2.63. The van der Waals surface area contributed by atoms with Gasteiger partial charge in [-0.15, -0.1) is 0 Å². The molecule has 0 aromatic heterocycles. The minimum Gasteiger partial charge on any atom is -0.314 e. The highest BCUT2D eigenvalue weighted by Gasteiger charge is 2.30. The molecule has 0 unspecified atom stereocenters. The van der Waals surface area contributed by atoms with Crippen molar-refractivity contribution in [3.8, 4) is 0 Å². The summed E-state index contributed by atoms with van der Waals surface area (Å²) >= 11 is 0. The molecule has 102 valence electrons. The van der Waals surface area contributed by atoms with Crippen molar-refractivity contribution in [1.29, 1.82) is 0 Å². The minimum absolute atomic E-state index is 0.431. The maximum atomic E-state index is 3.57. The lowest BCUT2D eigenvalue weighted by atomic mass is 10.0. The second-order valence-electron chi connectivity index (χ2n) is 5.68. The van der Waals surface area contributed by atoms with Gasteiger partial charge in [0.25, 0.3) is 0 Å². The van der Waals surface area contributed by atoms with Gasteiger partial charge in [0, 0.05) is 31.7 Å². The molecule has 0 aliphatic carbocycles. The quantitative estimate of drug-likeness (QED) is 0.654. The van der Waals surface area contributed by atoms with Crippen LogP contribution in [0.3, 0.4) is 0 Å². The van der Waals surface area contributed by atoms with Gasteiger partial charge in [0.2, 0.25) is 0 Å². The zero-order valence-electron chi connectivity index (χ0n) is 12.3. The number of hydrogen-bond acceptors (Lipinski definition) is 3.